The first-order valence-corrected chi connectivity index (χ1v) is 9.83. The summed E-state index contributed by atoms with van der Waals surface area (Å²) >= 11 is 0. The van der Waals surface area contributed by atoms with Crippen LogP contribution in [0.3, 0.4) is 0 Å². The van der Waals surface area contributed by atoms with E-state index in [-0.39, 0.29) is 16.9 Å². The fraction of sp³-hybridized carbons (Fsp3) is 0.867. The fourth-order valence-corrected chi connectivity index (χ4v) is 2.96. The van der Waals surface area contributed by atoms with Crippen LogP contribution in [0.2, 0.25) is 0 Å². The molecule has 130 valence electrons. The fourth-order valence-electron chi connectivity index (χ4n) is 1.30. The average Bonchev–Trinajstić information content (AvgIpc) is 2.27. The zero-order chi connectivity index (χ0) is 17.2. The van der Waals surface area contributed by atoms with Gasteiger partial charge in [-0.25, -0.2) is 4.79 Å². The molecule has 0 aliphatic rings. The Morgan fingerprint density at radius 3 is 1.86 bits per heavy atom. The van der Waals surface area contributed by atoms with Gasteiger partial charge in [-0.2, -0.15) is 0 Å². The highest BCUT2D eigenvalue weighted by Crippen LogP contribution is 2.21. The summed E-state index contributed by atoms with van der Waals surface area (Å²) in [6.07, 6.45) is 0.0378. The summed E-state index contributed by atoms with van der Waals surface area (Å²) in [6.45, 7) is 12.5. The van der Waals surface area contributed by atoms with Crippen LogP contribution in [0.25, 0.3) is 0 Å². The highest BCUT2D eigenvalue weighted by atomic mass is 33.1. The Morgan fingerprint density at radius 2 is 1.41 bits per heavy atom. The lowest BCUT2D eigenvalue weighted by Crippen LogP contribution is -2.41. The summed E-state index contributed by atoms with van der Waals surface area (Å²) in [6, 6.07) is 0. The average molecular weight is 352 g/mol. The van der Waals surface area contributed by atoms with Gasteiger partial charge >= 0.3 is 12.1 Å². The van der Waals surface area contributed by atoms with Gasteiger partial charge in [0.2, 0.25) is 0 Å². The monoisotopic (exact) mass is 351 g/mol. The Hall–Kier alpha value is -0.560. The number of ether oxygens (including phenoxy) is 2. The second-order valence-corrected chi connectivity index (χ2v) is 9.81. The maximum Gasteiger partial charge on any atom is 0.407 e. The predicted octanol–water partition coefficient (Wildman–Crippen LogP) is 3.87. The van der Waals surface area contributed by atoms with Crippen molar-refractivity contribution in [1.82, 2.24) is 5.32 Å². The number of rotatable bonds is 8. The zero-order valence-corrected chi connectivity index (χ0v) is 16.1. The van der Waals surface area contributed by atoms with E-state index in [4.69, 9.17) is 9.47 Å². The summed E-state index contributed by atoms with van der Waals surface area (Å²) in [4.78, 5) is 22.9. The first-order valence-electron chi connectivity index (χ1n) is 7.34. The van der Waals surface area contributed by atoms with E-state index >= 15 is 0 Å². The largest absolute Gasteiger partial charge is 0.465 e. The molecule has 1 amide bonds. The minimum absolute atomic E-state index is 0.0378. The highest BCUT2D eigenvalue weighted by molar-refractivity contribution is 8.76. The number of alkyl carbamates (subject to hydrolysis) is 1. The lowest BCUT2D eigenvalue weighted by Gasteiger charge is -2.19. The van der Waals surface area contributed by atoms with E-state index in [1.54, 1.807) is 21.6 Å². The number of nitrogens with one attached hydrogen (secondary N) is 1. The van der Waals surface area contributed by atoms with E-state index in [0.29, 0.717) is 25.4 Å². The van der Waals surface area contributed by atoms with E-state index in [2.05, 4.69) is 5.32 Å². The maximum absolute atomic E-state index is 11.5. The number of carbonyl (C=O) groups is 2. The summed E-state index contributed by atoms with van der Waals surface area (Å²) in [5.41, 5.74) is -0.320. The lowest BCUT2D eigenvalue weighted by atomic mass is 9.93. The molecule has 0 aromatic heterocycles. The van der Waals surface area contributed by atoms with Crippen LogP contribution in [0.5, 0.6) is 0 Å². The number of carbonyl (C=O) groups excluding carboxylic acids is 2. The predicted molar refractivity (Wildman–Crippen MR) is 94.2 cm³/mol. The van der Waals surface area contributed by atoms with Gasteiger partial charge in [0.15, 0.2) is 0 Å². The molecule has 1 N–H and O–H groups in total. The van der Waals surface area contributed by atoms with Gasteiger partial charge in [-0.05, 0) is 26.2 Å². The van der Waals surface area contributed by atoms with Crippen molar-refractivity contribution in [3.05, 3.63) is 0 Å². The third-order valence-electron chi connectivity index (χ3n) is 2.06. The van der Waals surface area contributed by atoms with Crippen LogP contribution < -0.4 is 5.32 Å². The second kappa shape index (κ2) is 10.3. The molecule has 0 aromatic carbocycles. The van der Waals surface area contributed by atoms with Gasteiger partial charge in [-0.3, -0.25) is 4.79 Å². The van der Waals surface area contributed by atoms with Crippen molar-refractivity contribution in [3.63, 3.8) is 0 Å². The topological polar surface area (TPSA) is 64.6 Å². The van der Waals surface area contributed by atoms with Gasteiger partial charge < -0.3 is 14.8 Å². The van der Waals surface area contributed by atoms with Crippen LogP contribution in [0.1, 0.15) is 48.0 Å². The third kappa shape index (κ3) is 15.8. The van der Waals surface area contributed by atoms with Crippen molar-refractivity contribution in [2.75, 3.05) is 24.7 Å². The lowest BCUT2D eigenvalue weighted by molar-refractivity contribution is -0.145. The van der Waals surface area contributed by atoms with E-state index in [9.17, 15) is 9.59 Å². The molecule has 0 aromatic rings. The van der Waals surface area contributed by atoms with Gasteiger partial charge in [0.25, 0.3) is 0 Å². The second-order valence-electron chi connectivity index (χ2n) is 7.11. The van der Waals surface area contributed by atoms with Crippen LogP contribution in [0.15, 0.2) is 0 Å². The molecule has 0 radical (unpaired) electrons. The molecule has 0 atom stereocenters. The number of amides is 1. The Labute approximate surface area is 142 Å². The van der Waals surface area contributed by atoms with Crippen molar-refractivity contribution in [1.29, 1.82) is 0 Å². The summed E-state index contributed by atoms with van der Waals surface area (Å²) < 4.78 is 10.2. The zero-order valence-electron chi connectivity index (χ0n) is 14.5. The standard InChI is InChI=1S/C15H29NO4S2/c1-14(2,3)11-12(17)19-7-9-21-22-10-8-20-13(18)16-15(4,5)6/h7-11H2,1-6H3,(H,16,18). The SMILES string of the molecule is CC(C)(C)CC(=O)OCCSSCCOC(=O)NC(C)(C)C. The van der Waals surface area contributed by atoms with Gasteiger partial charge in [0, 0.05) is 17.0 Å². The highest BCUT2D eigenvalue weighted by Gasteiger charge is 2.16. The van der Waals surface area contributed by atoms with Gasteiger partial charge in [0.1, 0.15) is 13.2 Å². The summed E-state index contributed by atoms with van der Waals surface area (Å²) in [7, 11) is 3.20. The van der Waals surface area contributed by atoms with Crippen molar-refractivity contribution >= 4 is 33.7 Å². The van der Waals surface area contributed by atoms with Crippen molar-refractivity contribution in [2.45, 2.75) is 53.5 Å². The molecule has 0 saturated carbocycles. The molecule has 0 bridgehead atoms. The molecule has 0 spiro atoms. The van der Waals surface area contributed by atoms with E-state index < -0.39 is 6.09 Å². The molecule has 7 heteroatoms. The quantitative estimate of drug-likeness (QED) is 0.407. The van der Waals surface area contributed by atoms with E-state index in [1.807, 2.05) is 41.5 Å². The molecule has 0 rings (SSSR count). The molecule has 0 aliphatic heterocycles. The number of hydrogen-bond donors (Lipinski definition) is 1. The van der Waals surface area contributed by atoms with Crippen LogP contribution in [0.4, 0.5) is 4.79 Å². The normalized spacial score (nSPS) is 11.9. The maximum atomic E-state index is 11.5. The molecular weight excluding hydrogens is 322 g/mol. The smallest absolute Gasteiger partial charge is 0.407 e. The Balaban J connectivity index is 3.45. The van der Waals surface area contributed by atoms with Crippen LogP contribution in [-0.2, 0) is 14.3 Å². The van der Waals surface area contributed by atoms with Crippen molar-refractivity contribution in [2.24, 2.45) is 5.41 Å². The number of esters is 1. The molecular formula is C15H29NO4S2. The molecule has 0 fully saturated rings. The van der Waals surface area contributed by atoms with Crippen molar-refractivity contribution in [3.8, 4) is 0 Å². The minimum Gasteiger partial charge on any atom is -0.465 e. The van der Waals surface area contributed by atoms with Gasteiger partial charge in [0.05, 0.1) is 6.42 Å². The summed E-state index contributed by atoms with van der Waals surface area (Å²) in [5.74, 6) is 1.28. The van der Waals surface area contributed by atoms with E-state index in [1.165, 1.54) is 0 Å². The first kappa shape index (κ1) is 21.4. The molecule has 0 saturated heterocycles. The van der Waals surface area contributed by atoms with Crippen LogP contribution in [-0.4, -0.2) is 42.3 Å². The van der Waals surface area contributed by atoms with Crippen molar-refractivity contribution < 1.29 is 19.1 Å². The molecule has 0 unspecified atom stereocenters. The summed E-state index contributed by atoms with van der Waals surface area (Å²) in [5, 5.41) is 2.73. The first-order chi connectivity index (χ1) is 9.99. The Morgan fingerprint density at radius 1 is 0.909 bits per heavy atom. The van der Waals surface area contributed by atoms with E-state index in [0.717, 1.165) is 5.75 Å². The Kier molecular flexibility index (Phi) is 10.00. The van der Waals surface area contributed by atoms with Crippen LogP contribution in [0, 0.1) is 5.41 Å². The minimum atomic E-state index is -0.394. The molecule has 0 aliphatic carbocycles. The van der Waals surface area contributed by atoms with Gasteiger partial charge in [-0.1, -0.05) is 42.4 Å². The third-order valence-corrected chi connectivity index (χ3v) is 4.40. The number of hydrogen-bond acceptors (Lipinski definition) is 6. The molecule has 0 heterocycles. The van der Waals surface area contributed by atoms with Crippen LogP contribution >= 0.6 is 21.6 Å². The van der Waals surface area contributed by atoms with Gasteiger partial charge in [-0.15, -0.1) is 0 Å². The molecule has 5 nitrogen and oxygen atoms in total. The molecule has 22 heavy (non-hydrogen) atoms. The Bertz CT molecular complexity index is 314.